The molecule has 1 unspecified atom stereocenters. The van der Waals surface area contributed by atoms with Gasteiger partial charge in [0.1, 0.15) is 0 Å². The fourth-order valence-corrected chi connectivity index (χ4v) is 1.49. The largest absolute Gasteiger partial charge is 0.274 e. The Morgan fingerprint density at radius 2 is 2.06 bits per heavy atom. The van der Waals surface area contributed by atoms with Gasteiger partial charge in [0.15, 0.2) is 0 Å². The van der Waals surface area contributed by atoms with Gasteiger partial charge in [-0.25, -0.2) is 0 Å². The maximum Gasteiger partial charge on any atom is 0.265 e. The lowest BCUT2D eigenvalue weighted by molar-refractivity contribution is -0.433. The lowest BCUT2D eigenvalue weighted by Crippen LogP contribution is -2.41. The van der Waals surface area contributed by atoms with Crippen molar-refractivity contribution in [2.45, 2.75) is 20.3 Å². The van der Waals surface area contributed by atoms with Gasteiger partial charge < -0.3 is 0 Å². The lowest BCUT2D eigenvalue weighted by atomic mass is 9.92. The quantitative estimate of drug-likeness (QED) is 0.533. The number of nitrogens with zero attached hydrogens (tertiary/aromatic N) is 1. The van der Waals surface area contributed by atoms with E-state index in [0.29, 0.717) is 5.57 Å². The number of carbonyl (C=O) groups excluding carboxylic acids is 2. The van der Waals surface area contributed by atoms with E-state index in [-0.39, 0.29) is 23.9 Å². The summed E-state index contributed by atoms with van der Waals surface area (Å²) in [5.74, 6) is -1.16. The third-order valence-corrected chi connectivity index (χ3v) is 2.34. The molecule has 0 spiro atoms. The summed E-state index contributed by atoms with van der Waals surface area (Å²) in [7, 11) is 0. The van der Waals surface area contributed by atoms with Crippen LogP contribution in [0.1, 0.15) is 20.3 Å². The van der Waals surface area contributed by atoms with E-state index < -0.39 is 10.8 Å². The highest BCUT2D eigenvalue weighted by atomic mass is 16.6. The molecule has 1 atom stereocenters. The van der Waals surface area contributed by atoms with E-state index in [9.17, 15) is 19.7 Å². The first kappa shape index (κ1) is 12.9. The Morgan fingerprint density at radius 3 is 2.53 bits per heavy atom. The van der Waals surface area contributed by atoms with Crippen LogP contribution >= 0.6 is 0 Å². The van der Waals surface area contributed by atoms with Crippen molar-refractivity contribution in [2.24, 2.45) is 5.92 Å². The summed E-state index contributed by atoms with van der Waals surface area (Å²) in [6.45, 7) is 2.94. The Balaban J connectivity index is 2.71. The topological polar surface area (TPSA) is 101 Å². The van der Waals surface area contributed by atoms with E-state index in [1.54, 1.807) is 6.92 Å². The molecule has 0 aromatic rings. The van der Waals surface area contributed by atoms with Crippen LogP contribution < -0.4 is 10.9 Å². The van der Waals surface area contributed by atoms with E-state index in [1.165, 1.54) is 19.1 Å². The molecule has 2 N–H and O–H groups in total. The Labute approximate surface area is 97.7 Å². The smallest absolute Gasteiger partial charge is 0.265 e. The summed E-state index contributed by atoms with van der Waals surface area (Å²) in [6, 6.07) is 0. The van der Waals surface area contributed by atoms with Crippen LogP contribution in [-0.4, -0.2) is 16.7 Å². The maximum atomic E-state index is 11.5. The predicted molar refractivity (Wildman–Crippen MR) is 58.9 cm³/mol. The molecule has 92 valence electrons. The van der Waals surface area contributed by atoms with Gasteiger partial charge in [-0.2, -0.15) is 0 Å². The maximum absolute atomic E-state index is 11.5. The molecule has 0 fully saturated rings. The van der Waals surface area contributed by atoms with Gasteiger partial charge in [0.05, 0.1) is 10.8 Å². The number of hydrazine groups is 1. The Hall–Kier alpha value is -2.18. The molecule has 0 radical (unpaired) electrons. The number of nitrogens with one attached hydrogen (secondary N) is 2. The molecule has 0 aliphatic heterocycles. The normalized spacial score (nSPS) is 18.8. The zero-order valence-electron chi connectivity index (χ0n) is 9.52. The predicted octanol–water partition coefficient (Wildman–Crippen LogP) is 0.281. The van der Waals surface area contributed by atoms with Crippen LogP contribution in [0.3, 0.4) is 0 Å². The molecule has 0 saturated carbocycles. The highest BCUT2D eigenvalue weighted by Gasteiger charge is 2.26. The van der Waals surface area contributed by atoms with E-state index in [2.05, 4.69) is 10.9 Å². The summed E-state index contributed by atoms with van der Waals surface area (Å²) in [6.07, 6.45) is 2.99. The summed E-state index contributed by atoms with van der Waals surface area (Å²) in [4.78, 5) is 32.3. The van der Waals surface area contributed by atoms with Crippen LogP contribution in [0.4, 0.5) is 0 Å². The van der Waals surface area contributed by atoms with E-state index in [1.807, 2.05) is 0 Å². The first-order valence-corrected chi connectivity index (χ1v) is 5.04. The van der Waals surface area contributed by atoms with Gasteiger partial charge in [-0.15, -0.1) is 0 Å². The molecule has 0 bridgehead atoms. The van der Waals surface area contributed by atoms with Gasteiger partial charge in [-0.05, 0) is 12.5 Å². The number of hydrogen-bond donors (Lipinski definition) is 2. The molecule has 0 heterocycles. The molecule has 0 saturated heterocycles. The van der Waals surface area contributed by atoms with Crippen LogP contribution in [0, 0.1) is 16.0 Å². The fourth-order valence-electron chi connectivity index (χ4n) is 1.49. The number of carbonyl (C=O) groups is 2. The third kappa shape index (κ3) is 3.40. The summed E-state index contributed by atoms with van der Waals surface area (Å²) < 4.78 is 0. The van der Waals surface area contributed by atoms with Crippen LogP contribution in [-0.2, 0) is 9.59 Å². The van der Waals surface area contributed by atoms with Crippen molar-refractivity contribution in [3.8, 4) is 0 Å². The Kier molecular flexibility index (Phi) is 3.97. The van der Waals surface area contributed by atoms with Crippen molar-refractivity contribution in [1.29, 1.82) is 0 Å². The molecule has 2 amide bonds. The van der Waals surface area contributed by atoms with Crippen molar-refractivity contribution >= 4 is 11.8 Å². The molecule has 7 heteroatoms. The van der Waals surface area contributed by atoms with E-state index in [4.69, 9.17) is 0 Å². The highest BCUT2D eigenvalue weighted by molar-refractivity contribution is 5.95. The molecule has 0 aromatic carbocycles. The molecule has 1 rings (SSSR count). The first-order valence-electron chi connectivity index (χ1n) is 5.04. The van der Waals surface area contributed by atoms with Crippen molar-refractivity contribution in [1.82, 2.24) is 10.9 Å². The van der Waals surface area contributed by atoms with Gasteiger partial charge in [0.2, 0.25) is 11.6 Å². The molecular weight excluding hydrogens is 226 g/mol. The van der Waals surface area contributed by atoms with Crippen LogP contribution in [0.5, 0.6) is 0 Å². The highest BCUT2D eigenvalue weighted by Crippen LogP contribution is 2.24. The molecule has 17 heavy (non-hydrogen) atoms. The van der Waals surface area contributed by atoms with Crippen molar-refractivity contribution in [3.05, 3.63) is 33.5 Å². The summed E-state index contributed by atoms with van der Waals surface area (Å²) in [5.41, 5.74) is 4.85. The minimum Gasteiger partial charge on any atom is -0.274 e. The second-order valence-corrected chi connectivity index (χ2v) is 3.78. The average molecular weight is 239 g/mol. The van der Waals surface area contributed by atoms with Gasteiger partial charge in [-0.1, -0.05) is 6.92 Å². The molecule has 0 aromatic heterocycles. The number of hydrogen-bond acceptors (Lipinski definition) is 4. The van der Waals surface area contributed by atoms with Gasteiger partial charge >= 0.3 is 0 Å². The second kappa shape index (κ2) is 5.24. The Morgan fingerprint density at radius 1 is 1.41 bits per heavy atom. The minimum absolute atomic E-state index is 0.0843. The van der Waals surface area contributed by atoms with Gasteiger partial charge in [0, 0.05) is 18.6 Å². The van der Waals surface area contributed by atoms with E-state index >= 15 is 0 Å². The summed E-state index contributed by atoms with van der Waals surface area (Å²) >= 11 is 0. The van der Waals surface area contributed by atoms with Gasteiger partial charge in [0.25, 0.3) is 5.91 Å². The third-order valence-electron chi connectivity index (χ3n) is 2.34. The fraction of sp³-hybridized carbons (Fsp3) is 0.400. The van der Waals surface area contributed by atoms with Crippen LogP contribution in [0.15, 0.2) is 23.4 Å². The molecule has 1 aliphatic carbocycles. The van der Waals surface area contributed by atoms with Crippen LogP contribution in [0.2, 0.25) is 0 Å². The Bertz CT molecular complexity index is 425. The monoisotopic (exact) mass is 239 g/mol. The van der Waals surface area contributed by atoms with Crippen LogP contribution in [0.25, 0.3) is 0 Å². The van der Waals surface area contributed by atoms with Crippen molar-refractivity contribution in [3.63, 3.8) is 0 Å². The molecular formula is C10H13N3O4. The van der Waals surface area contributed by atoms with Gasteiger partial charge in [-0.3, -0.25) is 30.6 Å². The number of allylic oxidation sites excluding steroid dienone is 3. The number of rotatable bonds is 2. The van der Waals surface area contributed by atoms with Crippen molar-refractivity contribution < 1.29 is 14.5 Å². The lowest BCUT2D eigenvalue weighted by Gasteiger charge is -2.15. The summed E-state index contributed by atoms with van der Waals surface area (Å²) in [5, 5.41) is 10.6. The minimum atomic E-state index is -0.455. The van der Waals surface area contributed by atoms with E-state index in [0.717, 1.165) is 0 Å². The zero-order chi connectivity index (χ0) is 13.0. The molecule has 1 aliphatic rings. The van der Waals surface area contributed by atoms with Crippen molar-refractivity contribution in [2.75, 3.05) is 0 Å². The standard InChI is InChI=1S/C10H13N3O4/c1-6-5-8(3-4-9(6)13(16)17)10(15)12-11-7(2)14/h3-4,6H,5H2,1-2H3,(H,11,14)(H,12,15). The number of amides is 2. The average Bonchev–Trinajstić information content (AvgIpc) is 2.25. The molecule has 7 nitrogen and oxygen atoms in total. The zero-order valence-corrected chi connectivity index (χ0v) is 9.52. The number of nitro groups is 1. The second-order valence-electron chi connectivity index (χ2n) is 3.78. The first-order chi connectivity index (χ1) is 7.91. The SMILES string of the molecule is CC(=O)NNC(=O)C1=CC=C([N+](=O)[O-])C(C)C1.